The largest absolute Gasteiger partial charge is 3.00 e. The topological polar surface area (TPSA) is 20.2 Å². The molecule has 0 unspecified atom stereocenters. The van der Waals surface area contributed by atoms with Gasteiger partial charge in [-0.2, -0.15) is 0 Å². The van der Waals surface area contributed by atoms with E-state index in [-0.39, 0.29) is 39.3 Å². The van der Waals surface area contributed by atoms with Crippen molar-refractivity contribution in [3.8, 4) is 0 Å². The maximum absolute atomic E-state index is 7.98. The molecule has 1 nitrogen and oxygen atoms in total. The van der Waals surface area contributed by atoms with E-state index in [0.717, 1.165) is 0 Å². The Morgan fingerprint density at radius 2 is 1.89 bits per heavy atom. The summed E-state index contributed by atoms with van der Waals surface area (Å²) in [6.45, 7) is 6.62. The molecule has 0 aliphatic rings. The number of thioether (sulfide) groups is 1. The van der Waals surface area contributed by atoms with Crippen LogP contribution in [0.4, 0.5) is 0 Å². The molecule has 0 aromatic heterocycles. The molecule has 0 aliphatic heterocycles. The van der Waals surface area contributed by atoms with Crippen LogP contribution in [0.2, 0.25) is 0 Å². The van der Waals surface area contributed by atoms with E-state index in [1.54, 1.807) is 6.92 Å². The Morgan fingerprint density at radius 3 is 1.89 bits per heavy atom. The van der Waals surface area contributed by atoms with Gasteiger partial charge in [-0.25, -0.2) is 5.57 Å². The van der Waals surface area contributed by atoms with Crippen LogP contribution >= 0.6 is 11.8 Å². The van der Waals surface area contributed by atoms with E-state index in [4.69, 9.17) is 11.7 Å². The Hall–Kier alpha value is 1.15. The summed E-state index contributed by atoms with van der Waals surface area (Å²) in [6, 6.07) is 0. The molecule has 0 rings (SSSR count). The summed E-state index contributed by atoms with van der Waals surface area (Å²) in [6.07, 6.45) is 5.33. The first-order chi connectivity index (χ1) is 3.68. The molecule has 0 bridgehead atoms. The SMILES string of the molecule is [CH-]=C(C)CO.[CH2-]SC.[Y+3]. The zero-order valence-corrected chi connectivity index (χ0v) is 9.58. The fraction of sp³-hybridized carbons (Fsp3) is 0.500. The van der Waals surface area contributed by atoms with Crippen molar-refractivity contribution in [3.05, 3.63) is 18.4 Å². The first kappa shape index (κ1) is 16.6. The number of hydrogen-bond acceptors (Lipinski definition) is 2. The summed E-state index contributed by atoms with van der Waals surface area (Å²) in [4.78, 5) is 0. The van der Waals surface area contributed by atoms with Gasteiger partial charge < -0.3 is 23.4 Å². The maximum Gasteiger partial charge on any atom is 3.00 e. The number of rotatable bonds is 1. The van der Waals surface area contributed by atoms with Crippen LogP contribution in [0.5, 0.6) is 0 Å². The average Bonchev–Trinajstić information content (AvgIpc) is 1.69. The van der Waals surface area contributed by atoms with Crippen molar-refractivity contribution in [2.75, 3.05) is 12.9 Å². The van der Waals surface area contributed by atoms with Gasteiger partial charge in [0.2, 0.25) is 0 Å². The van der Waals surface area contributed by atoms with E-state index in [9.17, 15) is 0 Å². The minimum atomic E-state index is 0. The summed E-state index contributed by atoms with van der Waals surface area (Å²) >= 11 is 1.50. The van der Waals surface area contributed by atoms with Crippen LogP contribution in [0.25, 0.3) is 0 Å². The minimum absolute atomic E-state index is 0. The molecule has 1 N–H and O–H groups in total. The van der Waals surface area contributed by atoms with E-state index < -0.39 is 0 Å². The van der Waals surface area contributed by atoms with Gasteiger partial charge in [-0.15, -0.1) is 0 Å². The van der Waals surface area contributed by atoms with E-state index in [0.29, 0.717) is 5.57 Å². The fourth-order valence-electron chi connectivity index (χ4n) is 0. The molecule has 0 amide bonds. The Balaban J connectivity index is -0.0000000800. The molecule has 0 heterocycles. The molecule has 0 fully saturated rings. The zero-order chi connectivity index (χ0) is 6.99. The monoisotopic (exact) mass is 221 g/mol. The molecule has 0 radical (unpaired) electrons. The third-order valence-electron chi connectivity index (χ3n) is 0.249. The predicted molar refractivity (Wildman–Crippen MR) is 39.4 cm³/mol. The third kappa shape index (κ3) is 47.1. The van der Waals surface area contributed by atoms with Gasteiger partial charge in [0.1, 0.15) is 0 Å². The molecular weight excluding hydrogens is 209 g/mol. The summed E-state index contributed by atoms with van der Waals surface area (Å²) in [5.41, 5.74) is 0.560. The van der Waals surface area contributed by atoms with Crippen molar-refractivity contribution in [2.24, 2.45) is 0 Å². The molecule has 0 aromatic carbocycles. The molecule has 0 saturated carbocycles. The second-order valence-corrected chi connectivity index (χ2v) is 1.87. The molecule has 0 aliphatic carbocycles. The summed E-state index contributed by atoms with van der Waals surface area (Å²) in [5, 5.41) is 7.98. The van der Waals surface area contributed by atoms with E-state index in [2.05, 4.69) is 6.26 Å². The van der Waals surface area contributed by atoms with Crippen molar-refractivity contribution in [3.63, 3.8) is 0 Å². The Morgan fingerprint density at radius 1 is 1.78 bits per heavy atom. The zero-order valence-electron chi connectivity index (χ0n) is 5.92. The Kier molecular flexibility index (Phi) is 29.7. The average molecular weight is 221 g/mol. The molecule has 50 valence electrons. The van der Waals surface area contributed by atoms with Crippen LogP contribution in [-0.2, 0) is 32.7 Å². The molecule has 0 atom stereocenters. The molecule has 0 spiro atoms. The van der Waals surface area contributed by atoms with E-state index in [1.165, 1.54) is 11.8 Å². The van der Waals surface area contributed by atoms with Crippen molar-refractivity contribution < 1.29 is 37.8 Å². The number of aliphatic hydroxyl groups is 1. The standard InChI is InChI=1S/C4H7O.C2H5S.Y/c1-4(2)3-5;1-3-2;/h1,5H,3H2,2H3;1H2,2H3;/q2*-1;+3. The molecule has 9 heavy (non-hydrogen) atoms. The van der Waals surface area contributed by atoms with Crippen LogP contribution in [0.3, 0.4) is 0 Å². The second-order valence-electron chi connectivity index (χ2n) is 1.29. The van der Waals surface area contributed by atoms with Crippen LogP contribution in [-0.4, -0.2) is 18.0 Å². The first-order valence-electron chi connectivity index (χ1n) is 2.16. The van der Waals surface area contributed by atoms with Gasteiger partial charge >= 0.3 is 32.7 Å². The van der Waals surface area contributed by atoms with Gasteiger partial charge in [0.05, 0.1) is 0 Å². The van der Waals surface area contributed by atoms with Gasteiger partial charge in [-0.05, 0) is 6.26 Å². The van der Waals surface area contributed by atoms with E-state index >= 15 is 0 Å². The van der Waals surface area contributed by atoms with Crippen molar-refractivity contribution in [1.82, 2.24) is 0 Å². The van der Waals surface area contributed by atoms with Gasteiger partial charge in [0, 0.05) is 6.61 Å². The van der Waals surface area contributed by atoms with Gasteiger partial charge in [0.15, 0.2) is 0 Å². The quantitative estimate of drug-likeness (QED) is 0.677. The van der Waals surface area contributed by atoms with Gasteiger partial charge in [0.25, 0.3) is 0 Å². The van der Waals surface area contributed by atoms with Crippen molar-refractivity contribution >= 4 is 11.8 Å². The normalized spacial score (nSPS) is 6.22. The predicted octanol–water partition coefficient (Wildman–Crippen LogP) is 1.50. The summed E-state index contributed by atoms with van der Waals surface area (Å²) < 4.78 is 0. The summed E-state index contributed by atoms with van der Waals surface area (Å²) in [7, 11) is 0. The second kappa shape index (κ2) is 16.1. The van der Waals surface area contributed by atoms with Crippen LogP contribution in [0.15, 0.2) is 5.57 Å². The molecule has 3 heteroatoms. The molecule has 0 saturated heterocycles. The fourth-order valence-corrected chi connectivity index (χ4v) is 0. The third-order valence-corrected chi connectivity index (χ3v) is 0.249. The Labute approximate surface area is 87.2 Å². The molecule has 0 aromatic rings. The smallest absolute Gasteiger partial charge is 0.513 e. The molecular formula is C6H12OSY+. The van der Waals surface area contributed by atoms with Crippen LogP contribution in [0, 0.1) is 12.8 Å². The first-order valence-corrected chi connectivity index (χ1v) is 3.55. The van der Waals surface area contributed by atoms with Gasteiger partial charge in [-0.3, -0.25) is 6.26 Å². The van der Waals surface area contributed by atoms with Crippen molar-refractivity contribution in [2.45, 2.75) is 6.92 Å². The van der Waals surface area contributed by atoms with Crippen LogP contribution < -0.4 is 0 Å². The number of hydrogen-bond donors (Lipinski definition) is 1. The van der Waals surface area contributed by atoms with Crippen LogP contribution in [0.1, 0.15) is 6.92 Å². The minimum Gasteiger partial charge on any atom is -0.513 e. The number of aliphatic hydroxyl groups excluding tert-OH is 1. The maximum atomic E-state index is 7.98. The van der Waals surface area contributed by atoms with Gasteiger partial charge in [-0.1, -0.05) is 6.92 Å². The van der Waals surface area contributed by atoms with E-state index in [1.807, 2.05) is 6.26 Å². The van der Waals surface area contributed by atoms with Crippen molar-refractivity contribution in [1.29, 1.82) is 0 Å². The summed E-state index contributed by atoms with van der Waals surface area (Å²) in [5.74, 6) is 0. The Bertz CT molecular complexity index is 57.0.